The van der Waals surface area contributed by atoms with E-state index in [2.05, 4.69) is 16.0 Å². The highest BCUT2D eigenvalue weighted by Crippen LogP contribution is 2.33. The van der Waals surface area contributed by atoms with Crippen molar-refractivity contribution in [1.29, 1.82) is 0 Å². The van der Waals surface area contributed by atoms with E-state index in [1.165, 1.54) is 0 Å². The Hall–Kier alpha value is -2.26. The van der Waals surface area contributed by atoms with E-state index in [0.717, 1.165) is 36.1 Å². The highest BCUT2D eigenvalue weighted by molar-refractivity contribution is 8.00. The van der Waals surface area contributed by atoms with Gasteiger partial charge in [-0.25, -0.2) is 9.59 Å². The van der Waals surface area contributed by atoms with Crippen LogP contribution in [0.15, 0.2) is 18.2 Å². The number of hydrogen-bond acceptors (Lipinski definition) is 5. The maximum atomic E-state index is 12.3. The molecule has 0 spiro atoms. The van der Waals surface area contributed by atoms with Gasteiger partial charge >= 0.3 is 12.0 Å². The summed E-state index contributed by atoms with van der Waals surface area (Å²) in [7, 11) is 0. The molecule has 0 aliphatic carbocycles. The second kappa shape index (κ2) is 8.62. The van der Waals surface area contributed by atoms with Crippen molar-refractivity contribution in [2.24, 2.45) is 0 Å². The second-order valence-electron chi connectivity index (χ2n) is 7.74. The number of ether oxygens (including phenoxy) is 1. The maximum absolute atomic E-state index is 12.3. The maximum Gasteiger partial charge on any atom is 0.333 e. The Morgan fingerprint density at radius 3 is 2.93 bits per heavy atom. The Labute approximate surface area is 173 Å². The summed E-state index contributed by atoms with van der Waals surface area (Å²) in [4.78, 5) is 34.7. The van der Waals surface area contributed by atoms with Gasteiger partial charge in [0.05, 0.1) is 18.7 Å². The van der Waals surface area contributed by atoms with Gasteiger partial charge in [0.1, 0.15) is 0 Å². The van der Waals surface area contributed by atoms with E-state index in [-0.39, 0.29) is 30.6 Å². The lowest BCUT2D eigenvalue weighted by atomic mass is 9.98. The smallest absolute Gasteiger partial charge is 0.333 e. The lowest BCUT2D eigenvalue weighted by molar-refractivity contribution is -0.152. The number of hydrogen-bond donors (Lipinski definition) is 4. The summed E-state index contributed by atoms with van der Waals surface area (Å²) in [6.07, 6.45) is 2.72. The largest absolute Gasteiger partial charge is 0.479 e. The summed E-state index contributed by atoms with van der Waals surface area (Å²) in [5, 5.41) is 18.3. The number of benzene rings is 1. The average molecular weight is 420 g/mol. The number of carbonyl (C=O) groups excluding carboxylic acids is 2. The first-order valence-electron chi connectivity index (χ1n) is 9.94. The molecule has 156 valence electrons. The summed E-state index contributed by atoms with van der Waals surface area (Å²) in [6.45, 7) is 0.239. The lowest BCUT2D eigenvalue weighted by Crippen LogP contribution is -2.36. The van der Waals surface area contributed by atoms with E-state index < -0.39 is 12.1 Å². The Kier molecular flexibility index (Phi) is 5.96. The molecule has 0 aromatic heterocycles. The van der Waals surface area contributed by atoms with Crippen molar-refractivity contribution in [3.8, 4) is 0 Å². The zero-order chi connectivity index (χ0) is 20.4. The number of rotatable bonds is 7. The first kappa shape index (κ1) is 20.0. The molecule has 1 aromatic rings. The molecule has 3 amide bonds. The first-order chi connectivity index (χ1) is 14.0. The van der Waals surface area contributed by atoms with Crippen LogP contribution in [0, 0.1) is 0 Å². The molecule has 2 unspecified atom stereocenters. The van der Waals surface area contributed by atoms with Gasteiger partial charge in [-0.05, 0) is 36.1 Å². The van der Waals surface area contributed by atoms with Crippen LogP contribution in [0.25, 0.3) is 0 Å². The van der Waals surface area contributed by atoms with Gasteiger partial charge in [-0.1, -0.05) is 12.5 Å². The Bertz CT molecular complexity index is 817. The number of urea groups is 1. The molecular formula is C20H25N3O5S. The average Bonchev–Trinajstić information content (AvgIpc) is 3.24. The quantitative estimate of drug-likeness (QED) is 0.396. The molecular weight excluding hydrogens is 394 g/mol. The Morgan fingerprint density at radius 1 is 1.24 bits per heavy atom. The number of carboxylic acids is 1. The summed E-state index contributed by atoms with van der Waals surface area (Å²) in [5.41, 5.74) is 2.57. The fourth-order valence-electron chi connectivity index (χ4n) is 4.14. The van der Waals surface area contributed by atoms with Crippen molar-refractivity contribution in [1.82, 2.24) is 10.6 Å². The molecule has 8 nitrogen and oxygen atoms in total. The molecule has 4 rings (SSSR count). The van der Waals surface area contributed by atoms with Gasteiger partial charge in [0.25, 0.3) is 0 Å². The van der Waals surface area contributed by atoms with Crippen molar-refractivity contribution in [3.05, 3.63) is 29.3 Å². The number of aliphatic carboxylic acids is 1. The molecule has 29 heavy (non-hydrogen) atoms. The van der Waals surface area contributed by atoms with Crippen molar-refractivity contribution in [2.45, 2.75) is 62.1 Å². The molecule has 0 bridgehead atoms. The molecule has 2 saturated heterocycles. The molecule has 0 saturated carbocycles. The van der Waals surface area contributed by atoms with Gasteiger partial charge < -0.3 is 25.8 Å². The third-order valence-electron chi connectivity index (χ3n) is 5.69. The normalized spacial score (nSPS) is 27.5. The molecule has 9 heteroatoms. The fraction of sp³-hybridized carbons (Fsp3) is 0.550. The highest BCUT2D eigenvalue weighted by Gasteiger charge is 2.42. The number of thioether (sulfide) groups is 1. The standard InChI is InChI=1S/C20H25N3O5S/c24-17(4-2-1-3-16-18-14(10-29-16)22-20(27)23-18)21-13-6-5-11-8-15(19(25)26)28-9-12(11)7-13/h5-7,14-16,18H,1-4,8-10H2,(H,21,24)(H,25,26)(H2,22,23,27)/t14?,15-,16-,18?/m0/s1. The molecule has 2 fully saturated rings. The summed E-state index contributed by atoms with van der Waals surface area (Å²) in [6, 6.07) is 5.90. The van der Waals surface area contributed by atoms with Gasteiger partial charge in [0.15, 0.2) is 6.10 Å². The van der Waals surface area contributed by atoms with Crippen molar-refractivity contribution < 1.29 is 24.2 Å². The summed E-state index contributed by atoms with van der Waals surface area (Å²) >= 11 is 1.89. The van der Waals surface area contributed by atoms with Gasteiger partial charge in [-0.3, -0.25) is 4.79 Å². The van der Waals surface area contributed by atoms with Crippen molar-refractivity contribution in [2.75, 3.05) is 11.1 Å². The summed E-state index contributed by atoms with van der Waals surface area (Å²) < 4.78 is 5.35. The molecule has 3 heterocycles. The van der Waals surface area contributed by atoms with Crippen molar-refractivity contribution >= 4 is 35.4 Å². The summed E-state index contributed by atoms with van der Waals surface area (Å²) in [5.74, 6) is -0.0342. The molecule has 4 N–H and O–H groups in total. The predicted octanol–water partition coefficient (Wildman–Crippen LogP) is 1.88. The predicted molar refractivity (Wildman–Crippen MR) is 109 cm³/mol. The molecule has 3 aliphatic rings. The van der Waals surface area contributed by atoms with Crippen molar-refractivity contribution in [3.63, 3.8) is 0 Å². The number of carbonyl (C=O) groups is 3. The highest BCUT2D eigenvalue weighted by atomic mass is 32.2. The monoisotopic (exact) mass is 419 g/mol. The van der Waals surface area contributed by atoms with Gasteiger partial charge in [-0.15, -0.1) is 0 Å². The minimum absolute atomic E-state index is 0.0297. The van der Waals surface area contributed by atoms with Crippen LogP contribution in [-0.4, -0.2) is 52.2 Å². The molecule has 1 aromatic carbocycles. The van der Waals surface area contributed by atoms with E-state index in [0.29, 0.717) is 23.8 Å². The van der Waals surface area contributed by atoms with E-state index in [9.17, 15) is 14.4 Å². The third kappa shape index (κ3) is 4.67. The van der Waals surface area contributed by atoms with Gasteiger partial charge in [-0.2, -0.15) is 11.8 Å². The topological polar surface area (TPSA) is 117 Å². The first-order valence-corrected chi connectivity index (χ1v) is 11.0. The number of nitrogens with one attached hydrogen (secondary N) is 3. The van der Waals surface area contributed by atoms with Crippen LogP contribution in [0.5, 0.6) is 0 Å². The van der Waals surface area contributed by atoms with E-state index in [1.54, 1.807) is 0 Å². The minimum atomic E-state index is -0.953. The van der Waals surface area contributed by atoms with Gasteiger partial charge in [0.2, 0.25) is 5.91 Å². The SMILES string of the molecule is O=C(CCCC[C@@H]1SCC2NC(=O)NC21)Nc1ccc2c(c1)CO[C@H](C(=O)O)C2. The Morgan fingerprint density at radius 2 is 2.10 bits per heavy atom. The van der Waals surface area contributed by atoms with E-state index in [4.69, 9.17) is 9.84 Å². The molecule has 4 atom stereocenters. The molecule has 0 radical (unpaired) electrons. The Balaban J connectivity index is 1.19. The van der Waals surface area contributed by atoms with Crippen LogP contribution < -0.4 is 16.0 Å². The van der Waals surface area contributed by atoms with Crippen LogP contribution in [-0.2, 0) is 27.4 Å². The second-order valence-corrected chi connectivity index (χ2v) is 9.01. The van der Waals surface area contributed by atoms with Crippen LogP contribution in [0.3, 0.4) is 0 Å². The number of anilines is 1. The van der Waals surface area contributed by atoms with E-state index in [1.807, 2.05) is 30.0 Å². The fourth-order valence-corrected chi connectivity index (χ4v) is 5.69. The number of unbranched alkanes of at least 4 members (excludes halogenated alkanes) is 1. The zero-order valence-electron chi connectivity index (χ0n) is 16.0. The zero-order valence-corrected chi connectivity index (χ0v) is 16.8. The number of fused-ring (bicyclic) bond motifs is 2. The number of carboxylic acid groups (broad SMARTS) is 1. The van der Waals surface area contributed by atoms with Crippen LogP contribution in [0.2, 0.25) is 0 Å². The third-order valence-corrected chi connectivity index (χ3v) is 7.20. The molecule has 3 aliphatic heterocycles. The minimum Gasteiger partial charge on any atom is -0.479 e. The van der Waals surface area contributed by atoms with Crippen LogP contribution >= 0.6 is 11.8 Å². The van der Waals surface area contributed by atoms with E-state index >= 15 is 0 Å². The van der Waals surface area contributed by atoms with Gasteiger partial charge in [0, 0.05) is 29.5 Å². The lowest BCUT2D eigenvalue weighted by Gasteiger charge is -2.23. The number of amides is 3. The van der Waals surface area contributed by atoms with Crippen LogP contribution in [0.1, 0.15) is 36.8 Å². The van der Waals surface area contributed by atoms with Crippen LogP contribution in [0.4, 0.5) is 10.5 Å².